The minimum atomic E-state index is -3.73. The normalized spacial score (nSPS) is 11.0. The highest BCUT2D eigenvalue weighted by atomic mass is 32.2. The smallest absolute Gasteiger partial charge is 0.255 e. The van der Waals surface area contributed by atoms with Gasteiger partial charge in [0.25, 0.3) is 5.91 Å². The Balaban J connectivity index is 1.62. The highest BCUT2D eigenvalue weighted by Crippen LogP contribution is 2.16. The van der Waals surface area contributed by atoms with E-state index in [0.717, 1.165) is 0 Å². The molecule has 0 fully saturated rings. The maximum atomic E-state index is 12.3. The molecule has 28 heavy (non-hydrogen) atoms. The maximum absolute atomic E-state index is 12.3. The van der Waals surface area contributed by atoms with Gasteiger partial charge in [-0.15, -0.1) is 4.91 Å². The highest BCUT2D eigenvalue weighted by molar-refractivity contribution is 7.89. The SMILES string of the molecule is O=Nc1ccc(S(=O)(=O)NCc2ccc(C(=O)Nc3cccnc3)cc2)cc1. The molecule has 0 aliphatic rings. The number of carbonyl (C=O) groups is 1. The number of hydrogen-bond donors (Lipinski definition) is 2. The number of hydrogen-bond acceptors (Lipinski definition) is 6. The average Bonchev–Trinajstić information content (AvgIpc) is 2.73. The van der Waals surface area contributed by atoms with Crippen LogP contribution in [0.3, 0.4) is 0 Å². The topological polar surface area (TPSA) is 118 Å². The number of benzene rings is 2. The number of sulfonamides is 1. The lowest BCUT2D eigenvalue weighted by Gasteiger charge is -2.08. The lowest BCUT2D eigenvalue weighted by Crippen LogP contribution is -2.23. The summed E-state index contributed by atoms with van der Waals surface area (Å²) in [6.07, 6.45) is 3.15. The molecule has 3 aromatic rings. The highest BCUT2D eigenvalue weighted by Gasteiger charge is 2.14. The van der Waals surface area contributed by atoms with Crippen LogP contribution in [-0.2, 0) is 16.6 Å². The van der Waals surface area contributed by atoms with Crippen molar-refractivity contribution in [1.29, 1.82) is 0 Å². The standard InChI is InChI=1S/C19H16N4O4S/c24-19(22-17-2-1-11-20-13-17)15-5-3-14(4-6-15)12-21-28(26,27)18-9-7-16(23-25)8-10-18/h1-11,13,21H,12H2,(H,22,24). The third kappa shape index (κ3) is 4.84. The van der Waals surface area contributed by atoms with Crippen molar-refractivity contribution >= 4 is 27.3 Å². The lowest BCUT2D eigenvalue weighted by molar-refractivity contribution is 0.102. The van der Waals surface area contributed by atoms with Gasteiger partial charge in [-0.25, -0.2) is 13.1 Å². The number of anilines is 1. The Kier molecular flexibility index (Phi) is 5.87. The average molecular weight is 396 g/mol. The molecule has 142 valence electrons. The third-order valence-electron chi connectivity index (χ3n) is 3.85. The van der Waals surface area contributed by atoms with Crippen molar-refractivity contribution in [2.75, 3.05) is 5.32 Å². The van der Waals surface area contributed by atoms with Crippen molar-refractivity contribution in [3.05, 3.63) is 89.1 Å². The van der Waals surface area contributed by atoms with Gasteiger partial charge in [-0.2, -0.15) is 0 Å². The minimum absolute atomic E-state index is 0.0346. The molecular weight excluding hydrogens is 380 g/mol. The molecule has 3 rings (SSSR count). The van der Waals surface area contributed by atoms with E-state index < -0.39 is 10.0 Å². The molecule has 1 amide bonds. The summed E-state index contributed by atoms with van der Waals surface area (Å²) >= 11 is 0. The van der Waals surface area contributed by atoms with E-state index in [9.17, 15) is 18.1 Å². The van der Waals surface area contributed by atoms with Crippen LogP contribution in [0.5, 0.6) is 0 Å². The van der Waals surface area contributed by atoms with E-state index in [0.29, 0.717) is 16.8 Å². The Bertz CT molecular complexity index is 1070. The second kappa shape index (κ2) is 8.51. The Morgan fingerprint density at radius 3 is 2.32 bits per heavy atom. The molecule has 9 heteroatoms. The van der Waals surface area contributed by atoms with Crippen LogP contribution in [0, 0.1) is 4.91 Å². The molecule has 0 aliphatic heterocycles. The summed E-state index contributed by atoms with van der Waals surface area (Å²) in [5.74, 6) is -0.288. The van der Waals surface area contributed by atoms with Gasteiger partial charge in [0.2, 0.25) is 10.0 Å². The van der Waals surface area contributed by atoms with Crippen LogP contribution in [0.1, 0.15) is 15.9 Å². The van der Waals surface area contributed by atoms with Gasteiger partial charge in [0.1, 0.15) is 5.69 Å². The first-order chi connectivity index (χ1) is 13.5. The fourth-order valence-electron chi connectivity index (χ4n) is 2.36. The van der Waals surface area contributed by atoms with Crippen LogP contribution in [-0.4, -0.2) is 19.3 Å². The van der Waals surface area contributed by atoms with Gasteiger partial charge in [-0.05, 0) is 59.3 Å². The van der Waals surface area contributed by atoms with Crippen LogP contribution in [0.25, 0.3) is 0 Å². The number of rotatable bonds is 7. The van der Waals surface area contributed by atoms with Gasteiger partial charge in [0, 0.05) is 18.3 Å². The van der Waals surface area contributed by atoms with Gasteiger partial charge in [0.15, 0.2) is 0 Å². The Hall–Kier alpha value is -3.43. The molecule has 1 aromatic heterocycles. The Labute approximate surface area is 161 Å². The molecule has 0 spiro atoms. The second-order valence-corrected chi connectivity index (χ2v) is 7.57. The molecule has 0 unspecified atom stereocenters. The summed E-state index contributed by atoms with van der Waals surface area (Å²) in [5, 5.41) is 5.46. The monoisotopic (exact) mass is 396 g/mol. The van der Waals surface area contributed by atoms with Crippen molar-refractivity contribution in [3.63, 3.8) is 0 Å². The van der Waals surface area contributed by atoms with Gasteiger partial charge < -0.3 is 5.32 Å². The second-order valence-electron chi connectivity index (χ2n) is 5.80. The van der Waals surface area contributed by atoms with Crippen molar-refractivity contribution < 1.29 is 13.2 Å². The largest absolute Gasteiger partial charge is 0.321 e. The summed E-state index contributed by atoms with van der Waals surface area (Å²) in [4.78, 5) is 26.6. The fraction of sp³-hybridized carbons (Fsp3) is 0.0526. The summed E-state index contributed by atoms with van der Waals surface area (Å²) in [6.45, 7) is 0.0561. The summed E-state index contributed by atoms with van der Waals surface area (Å²) in [5.41, 5.74) is 1.86. The molecule has 1 heterocycles. The van der Waals surface area contributed by atoms with Gasteiger partial charge in [0.05, 0.1) is 16.8 Å². The summed E-state index contributed by atoms with van der Waals surface area (Å²) in [6, 6.07) is 15.3. The van der Waals surface area contributed by atoms with E-state index in [1.807, 2.05) is 0 Å². The zero-order valence-corrected chi connectivity index (χ0v) is 15.4. The van der Waals surface area contributed by atoms with Crippen LogP contribution in [0.2, 0.25) is 0 Å². The van der Waals surface area contributed by atoms with Crippen LogP contribution in [0.4, 0.5) is 11.4 Å². The minimum Gasteiger partial charge on any atom is -0.321 e. The maximum Gasteiger partial charge on any atom is 0.255 e. The van der Waals surface area contributed by atoms with Crippen LogP contribution >= 0.6 is 0 Å². The summed E-state index contributed by atoms with van der Waals surface area (Å²) in [7, 11) is -3.73. The number of pyridine rings is 1. The quantitative estimate of drug-likeness (QED) is 0.595. The molecule has 2 aromatic carbocycles. The number of nitroso groups, excluding NO2 is 1. The molecule has 8 nitrogen and oxygen atoms in total. The molecule has 0 aliphatic carbocycles. The number of amides is 1. The molecular formula is C19H16N4O4S. The van der Waals surface area contributed by atoms with E-state index in [1.165, 1.54) is 24.3 Å². The summed E-state index contributed by atoms with van der Waals surface area (Å²) < 4.78 is 27.1. The first kappa shape index (κ1) is 19.3. The van der Waals surface area contributed by atoms with Crippen molar-refractivity contribution in [1.82, 2.24) is 9.71 Å². The molecule has 0 saturated heterocycles. The van der Waals surface area contributed by atoms with E-state index in [-0.39, 0.29) is 23.0 Å². The Morgan fingerprint density at radius 1 is 1.00 bits per heavy atom. The van der Waals surface area contributed by atoms with E-state index in [1.54, 1.807) is 48.8 Å². The van der Waals surface area contributed by atoms with E-state index in [2.05, 4.69) is 20.2 Å². The first-order valence-corrected chi connectivity index (χ1v) is 9.70. The first-order valence-electron chi connectivity index (χ1n) is 8.21. The Morgan fingerprint density at radius 2 is 1.71 bits per heavy atom. The molecule has 0 bridgehead atoms. The predicted octanol–water partition coefficient (Wildman–Crippen LogP) is 3.21. The molecule has 2 N–H and O–H groups in total. The molecule has 0 atom stereocenters. The number of carbonyl (C=O) groups excluding carboxylic acids is 1. The van der Waals surface area contributed by atoms with Crippen molar-refractivity contribution in [3.8, 4) is 0 Å². The van der Waals surface area contributed by atoms with Crippen molar-refractivity contribution in [2.24, 2.45) is 5.18 Å². The van der Waals surface area contributed by atoms with Gasteiger partial charge in [-0.3, -0.25) is 9.78 Å². The fourth-order valence-corrected chi connectivity index (χ4v) is 3.38. The van der Waals surface area contributed by atoms with Crippen LogP contribution < -0.4 is 10.0 Å². The van der Waals surface area contributed by atoms with E-state index in [4.69, 9.17) is 0 Å². The van der Waals surface area contributed by atoms with Gasteiger partial charge in [-0.1, -0.05) is 12.1 Å². The van der Waals surface area contributed by atoms with Crippen molar-refractivity contribution in [2.45, 2.75) is 11.4 Å². The zero-order valence-electron chi connectivity index (χ0n) is 14.6. The number of aromatic nitrogens is 1. The molecule has 0 saturated carbocycles. The third-order valence-corrected chi connectivity index (χ3v) is 5.27. The number of nitrogens with zero attached hydrogens (tertiary/aromatic N) is 2. The zero-order chi connectivity index (χ0) is 20.0. The van der Waals surface area contributed by atoms with Gasteiger partial charge >= 0.3 is 0 Å². The number of nitrogens with one attached hydrogen (secondary N) is 2. The molecule has 0 radical (unpaired) electrons. The van der Waals surface area contributed by atoms with Crippen LogP contribution in [0.15, 0.2) is 83.1 Å². The lowest BCUT2D eigenvalue weighted by atomic mass is 10.1. The van der Waals surface area contributed by atoms with E-state index >= 15 is 0 Å². The predicted molar refractivity (Wildman–Crippen MR) is 105 cm³/mol.